The molecular weight excluding hydrogens is 354 g/mol. The van der Waals surface area contributed by atoms with E-state index in [4.69, 9.17) is 4.74 Å². The van der Waals surface area contributed by atoms with Crippen LogP contribution in [-0.2, 0) is 11.2 Å². The number of methoxy groups -OCH3 is 1. The molecule has 0 spiro atoms. The largest absolute Gasteiger partial charge is 0.497 e. The Morgan fingerprint density at radius 3 is 2.14 bits per heavy atom. The van der Waals surface area contributed by atoms with Crippen LogP contribution in [0.1, 0.15) is 46.6 Å². The van der Waals surface area contributed by atoms with Gasteiger partial charge in [0, 0.05) is 13.1 Å². The second-order valence-corrected chi connectivity index (χ2v) is 8.81. The summed E-state index contributed by atoms with van der Waals surface area (Å²) >= 11 is 0. The van der Waals surface area contributed by atoms with Gasteiger partial charge in [0.2, 0.25) is 0 Å². The molecule has 3 amide bonds. The summed E-state index contributed by atoms with van der Waals surface area (Å²) in [5.74, 6) is 1.62. The Morgan fingerprint density at radius 1 is 1.07 bits per heavy atom. The molecule has 1 N–H and O–H groups in total. The molecule has 6 heteroatoms. The normalized spacial score (nSPS) is 19.8. The van der Waals surface area contributed by atoms with Crippen LogP contribution in [0.4, 0.5) is 4.79 Å². The van der Waals surface area contributed by atoms with Crippen molar-refractivity contribution in [2.45, 2.75) is 53.0 Å². The minimum Gasteiger partial charge on any atom is -0.497 e. The van der Waals surface area contributed by atoms with Crippen LogP contribution in [0.15, 0.2) is 24.3 Å². The van der Waals surface area contributed by atoms with E-state index in [9.17, 15) is 9.59 Å². The number of ether oxygens (including phenoxy) is 1. The zero-order valence-corrected chi connectivity index (χ0v) is 18.1. The molecule has 0 aromatic heterocycles. The number of benzene rings is 1. The van der Waals surface area contributed by atoms with Crippen LogP contribution in [0.5, 0.6) is 5.75 Å². The standard InChI is InChI=1S/C22H35N3O3/c1-16(2)13-24(14-17(3)4)15-25-20(26)22(5,23-21(25)27)12-11-18-7-9-19(28-6)10-8-18/h7-10,16-17H,11-15H2,1-6H3,(H,23,27). The first kappa shape index (κ1) is 22.2. The highest BCUT2D eigenvalue weighted by atomic mass is 16.5. The molecule has 1 fully saturated rings. The molecule has 1 atom stereocenters. The lowest BCUT2D eigenvalue weighted by Gasteiger charge is -2.29. The number of imide groups is 1. The van der Waals surface area contributed by atoms with E-state index in [1.54, 1.807) is 7.11 Å². The summed E-state index contributed by atoms with van der Waals surface area (Å²) in [6.45, 7) is 12.5. The SMILES string of the molecule is COc1ccc(CCC2(C)NC(=O)N(CN(CC(C)C)CC(C)C)C2=O)cc1. The molecule has 156 valence electrons. The van der Waals surface area contributed by atoms with Crippen LogP contribution in [0, 0.1) is 11.8 Å². The second kappa shape index (κ2) is 9.41. The van der Waals surface area contributed by atoms with E-state index in [-0.39, 0.29) is 11.9 Å². The minimum absolute atomic E-state index is 0.136. The van der Waals surface area contributed by atoms with Crippen LogP contribution in [0.25, 0.3) is 0 Å². The second-order valence-electron chi connectivity index (χ2n) is 8.81. The van der Waals surface area contributed by atoms with Crippen molar-refractivity contribution < 1.29 is 14.3 Å². The van der Waals surface area contributed by atoms with Crippen LogP contribution < -0.4 is 10.1 Å². The predicted octanol–water partition coefficient (Wildman–Crippen LogP) is 3.51. The molecule has 6 nitrogen and oxygen atoms in total. The van der Waals surface area contributed by atoms with Crippen molar-refractivity contribution in [3.05, 3.63) is 29.8 Å². The number of amides is 3. The van der Waals surface area contributed by atoms with Crippen molar-refractivity contribution in [3.8, 4) is 5.75 Å². The predicted molar refractivity (Wildman–Crippen MR) is 111 cm³/mol. The van der Waals surface area contributed by atoms with Gasteiger partial charge in [-0.1, -0.05) is 39.8 Å². The van der Waals surface area contributed by atoms with E-state index in [2.05, 4.69) is 37.9 Å². The van der Waals surface area contributed by atoms with Gasteiger partial charge in [-0.15, -0.1) is 0 Å². The molecule has 1 heterocycles. The fourth-order valence-corrected chi connectivity index (χ4v) is 3.65. The smallest absolute Gasteiger partial charge is 0.326 e. The van der Waals surface area contributed by atoms with Gasteiger partial charge in [-0.25, -0.2) is 9.69 Å². The molecule has 0 saturated carbocycles. The molecule has 1 saturated heterocycles. The first-order valence-corrected chi connectivity index (χ1v) is 10.1. The Morgan fingerprint density at radius 2 is 1.64 bits per heavy atom. The summed E-state index contributed by atoms with van der Waals surface area (Å²) in [5.41, 5.74) is 0.252. The average molecular weight is 390 g/mol. The third-order valence-corrected chi connectivity index (χ3v) is 5.01. The molecule has 1 aliphatic rings. The van der Waals surface area contributed by atoms with Crippen molar-refractivity contribution in [1.29, 1.82) is 0 Å². The van der Waals surface area contributed by atoms with Gasteiger partial charge in [0.25, 0.3) is 5.91 Å². The third-order valence-electron chi connectivity index (χ3n) is 5.01. The zero-order chi connectivity index (χ0) is 20.9. The molecule has 0 aliphatic carbocycles. The summed E-state index contributed by atoms with van der Waals surface area (Å²) < 4.78 is 5.18. The number of carbonyl (C=O) groups excluding carboxylic acids is 2. The summed E-state index contributed by atoms with van der Waals surface area (Å²) in [6.07, 6.45) is 1.27. The van der Waals surface area contributed by atoms with Gasteiger partial charge >= 0.3 is 6.03 Å². The highest BCUT2D eigenvalue weighted by molar-refractivity contribution is 6.06. The Balaban J connectivity index is 2.03. The summed E-state index contributed by atoms with van der Waals surface area (Å²) in [5, 5.41) is 2.92. The minimum atomic E-state index is -0.863. The third kappa shape index (κ3) is 5.71. The summed E-state index contributed by atoms with van der Waals surface area (Å²) in [6, 6.07) is 7.52. The Bertz CT molecular complexity index is 662. The molecule has 28 heavy (non-hydrogen) atoms. The lowest BCUT2D eigenvalue weighted by atomic mass is 9.93. The highest BCUT2D eigenvalue weighted by Gasteiger charge is 2.47. The van der Waals surface area contributed by atoms with E-state index in [1.165, 1.54) is 4.90 Å². The topological polar surface area (TPSA) is 61.9 Å². The van der Waals surface area contributed by atoms with Crippen LogP contribution in [0.2, 0.25) is 0 Å². The van der Waals surface area contributed by atoms with E-state index in [0.29, 0.717) is 31.3 Å². The first-order valence-electron chi connectivity index (χ1n) is 10.1. The van der Waals surface area contributed by atoms with Gasteiger partial charge in [0.15, 0.2) is 0 Å². The Kier molecular flexibility index (Phi) is 7.47. The fraction of sp³-hybridized carbons (Fsp3) is 0.636. The summed E-state index contributed by atoms with van der Waals surface area (Å²) in [4.78, 5) is 29.2. The van der Waals surface area contributed by atoms with Crippen LogP contribution >= 0.6 is 0 Å². The number of hydrogen-bond donors (Lipinski definition) is 1. The van der Waals surface area contributed by atoms with Gasteiger partial charge in [-0.3, -0.25) is 9.69 Å². The van der Waals surface area contributed by atoms with E-state index < -0.39 is 5.54 Å². The number of carbonyl (C=O) groups is 2. The maximum Gasteiger partial charge on any atom is 0.326 e. The number of aryl methyl sites for hydroxylation is 1. The molecule has 1 unspecified atom stereocenters. The molecule has 0 radical (unpaired) electrons. The monoisotopic (exact) mass is 389 g/mol. The summed E-state index contributed by atoms with van der Waals surface area (Å²) in [7, 11) is 1.64. The molecule has 2 rings (SSSR count). The van der Waals surface area contributed by atoms with Crippen molar-refractivity contribution >= 4 is 11.9 Å². The van der Waals surface area contributed by atoms with Gasteiger partial charge in [-0.2, -0.15) is 0 Å². The highest BCUT2D eigenvalue weighted by Crippen LogP contribution is 2.24. The number of hydrogen-bond acceptors (Lipinski definition) is 4. The quantitative estimate of drug-likeness (QED) is 0.622. The maximum atomic E-state index is 13.1. The molecule has 1 aromatic carbocycles. The van der Waals surface area contributed by atoms with Crippen molar-refractivity contribution in [3.63, 3.8) is 0 Å². The van der Waals surface area contributed by atoms with Crippen LogP contribution in [0.3, 0.4) is 0 Å². The zero-order valence-electron chi connectivity index (χ0n) is 18.1. The van der Waals surface area contributed by atoms with Crippen molar-refractivity contribution in [2.24, 2.45) is 11.8 Å². The van der Waals surface area contributed by atoms with Crippen molar-refractivity contribution in [1.82, 2.24) is 15.1 Å². The number of nitrogens with one attached hydrogen (secondary N) is 1. The van der Waals surface area contributed by atoms with Crippen LogP contribution in [-0.4, -0.2) is 54.1 Å². The Labute approximate surface area is 169 Å². The molecular formula is C22H35N3O3. The van der Waals surface area contributed by atoms with Gasteiger partial charge < -0.3 is 10.1 Å². The number of rotatable bonds is 10. The fourth-order valence-electron chi connectivity index (χ4n) is 3.65. The van der Waals surface area contributed by atoms with E-state index in [0.717, 1.165) is 24.4 Å². The van der Waals surface area contributed by atoms with Crippen molar-refractivity contribution in [2.75, 3.05) is 26.9 Å². The maximum absolute atomic E-state index is 13.1. The number of urea groups is 1. The van der Waals surface area contributed by atoms with Gasteiger partial charge in [0.05, 0.1) is 13.8 Å². The lowest BCUT2D eigenvalue weighted by molar-refractivity contribution is -0.132. The first-order chi connectivity index (χ1) is 13.1. The van der Waals surface area contributed by atoms with Gasteiger partial charge in [0.1, 0.15) is 11.3 Å². The Hall–Kier alpha value is -2.08. The average Bonchev–Trinajstić information content (AvgIpc) is 2.83. The molecule has 1 aliphatic heterocycles. The van der Waals surface area contributed by atoms with E-state index in [1.807, 2.05) is 31.2 Å². The van der Waals surface area contributed by atoms with E-state index >= 15 is 0 Å². The molecule has 1 aromatic rings. The number of nitrogens with zero attached hydrogens (tertiary/aromatic N) is 2. The molecule has 0 bridgehead atoms. The van der Waals surface area contributed by atoms with Gasteiger partial charge in [-0.05, 0) is 49.3 Å². The lowest BCUT2D eigenvalue weighted by Crippen LogP contribution is -2.47.